The zero-order valence-electron chi connectivity index (χ0n) is 17.9. The van der Waals surface area contributed by atoms with Crippen LogP contribution >= 0.6 is 0 Å². The summed E-state index contributed by atoms with van der Waals surface area (Å²) in [5, 5.41) is 0.256. The topological polar surface area (TPSA) is 103 Å². The molecular weight excluding hydrogens is 519 g/mol. The minimum atomic E-state index is -5.27. The number of benzene rings is 2. The SMILES string of the molecule is Cn1cc(-c2cccc(NS(=O)(=O)c3cc(C(F)(F)F)cc(C(F)(F)F)c3)c2F)c2c(N)ncnc21. The van der Waals surface area contributed by atoms with E-state index in [0.717, 1.165) is 6.07 Å². The molecule has 0 bridgehead atoms. The summed E-state index contributed by atoms with van der Waals surface area (Å²) in [6.45, 7) is 0. The summed E-state index contributed by atoms with van der Waals surface area (Å²) in [5.41, 5.74) is 1.86. The summed E-state index contributed by atoms with van der Waals surface area (Å²) in [6.07, 6.45) is -7.90. The largest absolute Gasteiger partial charge is 0.416 e. The van der Waals surface area contributed by atoms with Gasteiger partial charge in [-0.25, -0.2) is 22.8 Å². The van der Waals surface area contributed by atoms with E-state index in [1.165, 1.54) is 29.2 Å². The van der Waals surface area contributed by atoms with Gasteiger partial charge in [-0.2, -0.15) is 26.3 Å². The van der Waals surface area contributed by atoms with Crippen LogP contribution in [0.1, 0.15) is 11.1 Å². The van der Waals surface area contributed by atoms with E-state index in [9.17, 15) is 34.8 Å². The Labute approximate surface area is 198 Å². The molecule has 0 aliphatic rings. The first-order chi connectivity index (χ1) is 16.6. The van der Waals surface area contributed by atoms with Crippen molar-refractivity contribution in [3.05, 3.63) is 65.9 Å². The molecule has 15 heteroatoms. The Hall–Kier alpha value is -3.88. The van der Waals surface area contributed by atoms with Gasteiger partial charge in [-0.1, -0.05) is 12.1 Å². The number of sulfonamides is 1. The van der Waals surface area contributed by atoms with Crippen LogP contribution < -0.4 is 10.5 Å². The van der Waals surface area contributed by atoms with Crippen LogP contribution in [0.2, 0.25) is 0 Å². The van der Waals surface area contributed by atoms with Crippen LogP contribution in [0.4, 0.5) is 42.2 Å². The fourth-order valence-corrected chi connectivity index (χ4v) is 4.67. The van der Waals surface area contributed by atoms with Crippen LogP contribution in [-0.2, 0) is 29.4 Å². The number of halogens is 7. The van der Waals surface area contributed by atoms with Gasteiger partial charge in [0.1, 0.15) is 17.8 Å². The second-order valence-electron chi connectivity index (χ2n) is 7.63. The van der Waals surface area contributed by atoms with E-state index in [4.69, 9.17) is 5.73 Å². The number of anilines is 2. The van der Waals surface area contributed by atoms with E-state index in [1.807, 2.05) is 0 Å². The lowest BCUT2D eigenvalue weighted by Gasteiger charge is -2.16. The summed E-state index contributed by atoms with van der Waals surface area (Å²) in [7, 11) is -3.50. The van der Waals surface area contributed by atoms with E-state index in [1.54, 1.807) is 11.8 Å². The van der Waals surface area contributed by atoms with Gasteiger partial charge >= 0.3 is 12.4 Å². The maximum atomic E-state index is 15.4. The van der Waals surface area contributed by atoms with Crippen molar-refractivity contribution in [2.24, 2.45) is 7.05 Å². The van der Waals surface area contributed by atoms with E-state index in [-0.39, 0.29) is 40.5 Å². The molecule has 2 aromatic heterocycles. The Morgan fingerprint density at radius 2 is 1.56 bits per heavy atom. The standard InChI is InChI=1S/C21H14F7N5O2S/c1-33-8-14(16-18(29)30-9-31-19(16)33)13-3-2-4-15(17(13)22)32-36(34,35)12-6-10(20(23,24)25)5-11(7-12)21(26,27)28/h2-9,32H,1H3,(H2,29,30,31). The van der Waals surface area contributed by atoms with Crippen molar-refractivity contribution in [2.75, 3.05) is 10.5 Å². The van der Waals surface area contributed by atoms with Crippen LogP contribution in [0.15, 0.2) is 53.8 Å². The number of nitrogens with zero attached hydrogens (tertiary/aromatic N) is 3. The number of nitrogen functional groups attached to an aromatic ring is 1. The van der Waals surface area contributed by atoms with Gasteiger partial charge in [0.15, 0.2) is 5.82 Å². The molecule has 7 nitrogen and oxygen atoms in total. The smallest absolute Gasteiger partial charge is 0.383 e. The number of fused-ring (bicyclic) bond motifs is 1. The van der Waals surface area contributed by atoms with Crippen LogP contribution in [0, 0.1) is 5.82 Å². The van der Waals surface area contributed by atoms with Gasteiger partial charge < -0.3 is 10.3 Å². The highest BCUT2D eigenvalue weighted by Crippen LogP contribution is 2.39. The van der Waals surface area contributed by atoms with Crippen molar-refractivity contribution in [3.63, 3.8) is 0 Å². The summed E-state index contributed by atoms with van der Waals surface area (Å²) in [6, 6.07) is 3.32. The van der Waals surface area contributed by atoms with Gasteiger partial charge in [-0.05, 0) is 24.3 Å². The third kappa shape index (κ3) is 4.53. The molecule has 4 aromatic rings. The predicted octanol–water partition coefficient (Wildman–Crippen LogP) is 5.20. The molecule has 4 rings (SSSR count). The highest BCUT2D eigenvalue weighted by Gasteiger charge is 2.38. The number of hydrogen-bond acceptors (Lipinski definition) is 5. The third-order valence-electron chi connectivity index (χ3n) is 5.19. The molecule has 0 aliphatic carbocycles. The molecule has 36 heavy (non-hydrogen) atoms. The van der Waals surface area contributed by atoms with Crippen molar-refractivity contribution in [2.45, 2.75) is 17.2 Å². The normalized spacial score (nSPS) is 12.8. The van der Waals surface area contributed by atoms with E-state index in [2.05, 4.69) is 9.97 Å². The number of hydrogen-bond donors (Lipinski definition) is 2. The van der Waals surface area contributed by atoms with Crippen LogP contribution in [0.3, 0.4) is 0 Å². The molecule has 0 unspecified atom stereocenters. The second-order valence-corrected chi connectivity index (χ2v) is 9.31. The lowest BCUT2D eigenvalue weighted by molar-refractivity contribution is -0.143. The Bertz CT molecular complexity index is 1560. The molecule has 0 atom stereocenters. The monoisotopic (exact) mass is 533 g/mol. The molecule has 0 saturated heterocycles. The average Bonchev–Trinajstić information content (AvgIpc) is 3.11. The Morgan fingerprint density at radius 3 is 2.14 bits per heavy atom. The van der Waals surface area contributed by atoms with Crippen molar-refractivity contribution >= 4 is 32.6 Å². The quantitative estimate of drug-likeness (QED) is 0.352. The van der Waals surface area contributed by atoms with Crippen LogP contribution in [0.5, 0.6) is 0 Å². The van der Waals surface area contributed by atoms with E-state index < -0.39 is 49.9 Å². The lowest BCUT2D eigenvalue weighted by Crippen LogP contribution is -2.18. The molecule has 0 fully saturated rings. The highest BCUT2D eigenvalue weighted by atomic mass is 32.2. The van der Waals surface area contributed by atoms with Gasteiger partial charge in [0, 0.05) is 24.4 Å². The van der Waals surface area contributed by atoms with Crippen LogP contribution in [-0.4, -0.2) is 23.0 Å². The number of rotatable bonds is 4. The van der Waals surface area contributed by atoms with Gasteiger partial charge in [-0.15, -0.1) is 0 Å². The highest BCUT2D eigenvalue weighted by molar-refractivity contribution is 7.92. The Kier molecular flexibility index (Phi) is 5.86. The number of alkyl halides is 6. The van der Waals surface area contributed by atoms with Gasteiger partial charge in [0.2, 0.25) is 0 Å². The predicted molar refractivity (Wildman–Crippen MR) is 116 cm³/mol. The zero-order chi connectivity index (χ0) is 26.6. The lowest BCUT2D eigenvalue weighted by atomic mass is 10.0. The molecule has 2 heterocycles. The molecule has 0 saturated carbocycles. The number of nitrogens with one attached hydrogen (secondary N) is 1. The Morgan fingerprint density at radius 1 is 0.944 bits per heavy atom. The summed E-state index contributed by atoms with van der Waals surface area (Å²) in [5.74, 6) is -1.15. The minimum absolute atomic E-state index is 0.00429. The molecule has 3 N–H and O–H groups in total. The Balaban J connectivity index is 1.82. The molecule has 0 aliphatic heterocycles. The van der Waals surface area contributed by atoms with Crippen molar-refractivity contribution in [1.29, 1.82) is 0 Å². The molecule has 0 radical (unpaired) electrons. The first kappa shape index (κ1) is 25.2. The molecule has 0 amide bonds. The first-order valence-corrected chi connectivity index (χ1v) is 11.2. The molecule has 2 aromatic carbocycles. The second kappa shape index (κ2) is 8.36. The zero-order valence-corrected chi connectivity index (χ0v) is 18.7. The maximum absolute atomic E-state index is 15.4. The summed E-state index contributed by atoms with van der Waals surface area (Å²) in [4.78, 5) is 6.55. The van der Waals surface area contributed by atoms with Crippen molar-refractivity contribution < 1.29 is 39.2 Å². The molecule has 0 spiro atoms. The number of nitrogens with two attached hydrogens (primary N) is 1. The first-order valence-electron chi connectivity index (χ1n) is 9.76. The molecule has 190 valence electrons. The van der Waals surface area contributed by atoms with Crippen molar-refractivity contribution in [3.8, 4) is 11.1 Å². The average molecular weight is 533 g/mol. The third-order valence-corrected chi connectivity index (χ3v) is 6.53. The van der Waals surface area contributed by atoms with Gasteiger partial charge in [0.05, 0.1) is 27.1 Å². The number of aromatic nitrogens is 3. The summed E-state index contributed by atoms with van der Waals surface area (Å²) >= 11 is 0. The number of aryl methyl sites for hydroxylation is 1. The fourth-order valence-electron chi connectivity index (χ4n) is 3.54. The summed E-state index contributed by atoms with van der Waals surface area (Å²) < 4.78 is 123. The fraction of sp³-hybridized carbons (Fsp3) is 0.143. The molecular formula is C21H14F7N5O2S. The minimum Gasteiger partial charge on any atom is -0.383 e. The van der Waals surface area contributed by atoms with Gasteiger partial charge in [0.25, 0.3) is 10.0 Å². The van der Waals surface area contributed by atoms with Gasteiger partial charge in [-0.3, -0.25) is 4.72 Å². The maximum Gasteiger partial charge on any atom is 0.416 e. The van der Waals surface area contributed by atoms with Crippen molar-refractivity contribution in [1.82, 2.24) is 14.5 Å². The van der Waals surface area contributed by atoms with E-state index >= 15 is 4.39 Å². The van der Waals surface area contributed by atoms with Crippen LogP contribution in [0.25, 0.3) is 22.2 Å². The van der Waals surface area contributed by atoms with E-state index in [0.29, 0.717) is 5.65 Å².